The molecule has 1 atom stereocenters. The summed E-state index contributed by atoms with van der Waals surface area (Å²) in [5.41, 5.74) is 1.63. The van der Waals surface area contributed by atoms with Crippen LogP contribution in [0.3, 0.4) is 0 Å². The van der Waals surface area contributed by atoms with E-state index in [0.29, 0.717) is 30.8 Å². The predicted molar refractivity (Wildman–Crippen MR) is 119 cm³/mol. The van der Waals surface area contributed by atoms with Crippen LogP contribution in [0.15, 0.2) is 48.5 Å². The number of alkyl carbamates (subject to hydrolysis) is 1. The van der Waals surface area contributed by atoms with E-state index >= 15 is 0 Å². The quantitative estimate of drug-likeness (QED) is 0.543. The molecule has 0 aliphatic heterocycles. The lowest BCUT2D eigenvalue weighted by Crippen LogP contribution is -2.32. The average molecular weight is 443 g/mol. The van der Waals surface area contributed by atoms with E-state index < -0.39 is 23.8 Å². The number of carboxylic acid groups (broad SMARTS) is 1. The Labute approximate surface area is 187 Å². The number of carbonyl (C=O) groups excluding carboxylic acids is 2. The van der Waals surface area contributed by atoms with E-state index in [2.05, 4.69) is 10.6 Å². The van der Waals surface area contributed by atoms with Gasteiger partial charge in [0, 0.05) is 18.7 Å². The first-order valence-electron chi connectivity index (χ1n) is 10.4. The normalized spacial score (nSPS) is 11.9. The fourth-order valence-electron chi connectivity index (χ4n) is 2.71. The largest absolute Gasteiger partial charge is 0.479 e. The minimum Gasteiger partial charge on any atom is -0.479 e. The van der Waals surface area contributed by atoms with Crippen molar-refractivity contribution in [3.8, 4) is 5.75 Å². The predicted octanol–water partition coefficient (Wildman–Crippen LogP) is 3.88. The van der Waals surface area contributed by atoms with Crippen LogP contribution in [0.4, 0.5) is 4.79 Å². The molecular formula is C24H30N2O6. The molecule has 3 N–H and O–H groups in total. The Morgan fingerprint density at radius 3 is 1.94 bits per heavy atom. The topological polar surface area (TPSA) is 114 Å². The van der Waals surface area contributed by atoms with E-state index in [1.807, 2.05) is 0 Å². The molecular weight excluding hydrogens is 412 g/mol. The third-order valence-electron chi connectivity index (χ3n) is 4.35. The molecule has 0 heterocycles. The number of carboxylic acids is 1. The number of hydrogen-bond donors (Lipinski definition) is 3. The molecule has 0 spiro atoms. The zero-order valence-corrected chi connectivity index (χ0v) is 18.8. The molecule has 172 valence electrons. The molecule has 2 aromatic rings. The maximum Gasteiger partial charge on any atom is 0.407 e. The van der Waals surface area contributed by atoms with Crippen molar-refractivity contribution in [2.45, 2.75) is 58.9 Å². The smallest absolute Gasteiger partial charge is 0.407 e. The second-order valence-corrected chi connectivity index (χ2v) is 8.23. The summed E-state index contributed by atoms with van der Waals surface area (Å²) < 4.78 is 10.6. The van der Waals surface area contributed by atoms with Gasteiger partial charge in [0.05, 0.1) is 0 Å². The van der Waals surface area contributed by atoms with Gasteiger partial charge in [0.1, 0.15) is 11.4 Å². The van der Waals surface area contributed by atoms with Crippen molar-refractivity contribution in [3.05, 3.63) is 65.2 Å². The lowest BCUT2D eigenvalue weighted by molar-refractivity contribution is -0.145. The molecule has 8 heteroatoms. The number of rotatable bonds is 9. The molecule has 0 saturated carbocycles. The first-order valence-corrected chi connectivity index (χ1v) is 10.4. The maximum absolute atomic E-state index is 12.4. The van der Waals surface area contributed by atoms with Gasteiger partial charge in [0.25, 0.3) is 5.91 Å². The molecule has 8 nitrogen and oxygen atoms in total. The number of hydrogen-bond acceptors (Lipinski definition) is 5. The molecule has 0 saturated heterocycles. The van der Waals surface area contributed by atoms with E-state index in [0.717, 1.165) is 11.1 Å². The summed E-state index contributed by atoms with van der Waals surface area (Å²) in [6, 6.07) is 13.8. The first kappa shape index (κ1) is 24.7. The van der Waals surface area contributed by atoms with Crippen LogP contribution >= 0.6 is 0 Å². The van der Waals surface area contributed by atoms with Crippen molar-refractivity contribution in [1.29, 1.82) is 0 Å². The van der Waals surface area contributed by atoms with E-state index in [1.165, 1.54) is 0 Å². The second-order valence-electron chi connectivity index (χ2n) is 8.23. The van der Waals surface area contributed by atoms with Gasteiger partial charge in [-0.1, -0.05) is 31.2 Å². The van der Waals surface area contributed by atoms with Crippen LogP contribution in [0.1, 0.15) is 55.6 Å². The lowest BCUT2D eigenvalue weighted by atomic mass is 10.1. The van der Waals surface area contributed by atoms with Gasteiger partial charge in [-0.2, -0.15) is 0 Å². The van der Waals surface area contributed by atoms with E-state index in [4.69, 9.17) is 14.6 Å². The standard InChI is InChI=1S/C24H30N2O6/c1-5-20(22(28)29)31-19-12-8-17(9-13-19)14-25-21(27)18-10-6-16(7-11-18)15-26-23(30)32-24(2,3)4/h6-13,20H,5,14-15H2,1-4H3,(H,25,27)(H,26,30)(H,28,29). The van der Waals surface area contributed by atoms with Crippen molar-refractivity contribution in [2.75, 3.05) is 0 Å². The van der Waals surface area contributed by atoms with Gasteiger partial charge in [0.2, 0.25) is 0 Å². The van der Waals surface area contributed by atoms with Crippen LogP contribution in [0.25, 0.3) is 0 Å². The zero-order valence-electron chi connectivity index (χ0n) is 18.8. The summed E-state index contributed by atoms with van der Waals surface area (Å²) >= 11 is 0. The molecule has 2 rings (SSSR count). The Morgan fingerprint density at radius 2 is 1.44 bits per heavy atom. The van der Waals surface area contributed by atoms with Crippen LogP contribution in [0, 0.1) is 0 Å². The summed E-state index contributed by atoms with van der Waals surface area (Å²) in [6.07, 6.45) is -1.02. The number of amides is 2. The summed E-state index contributed by atoms with van der Waals surface area (Å²) in [5.74, 6) is -0.769. The highest BCUT2D eigenvalue weighted by Crippen LogP contribution is 2.15. The summed E-state index contributed by atoms with van der Waals surface area (Å²) in [5, 5.41) is 14.6. The summed E-state index contributed by atoms with van der Waals surface area (Å²) in [7, 11) is 0. The SMILES string of the molecule is CCC(Oc1ccc(CNC(=O)c2ccc(CNC(=O)OC(C)(C)C)cc2)cc1)C(=O)O. The van der Waals surface area contributed by atoms with Gasteiger partial charge in [-0.3, -0.25) is 4.79 Å². The maximum atomic E-state index is 12.4. The third kappa shape index (κ3) is 8.29. The fourth-order valence-corrected chi connectivity index (χ4v) is 2.71. The van der Waals surface area contributed by atoms with Crippen LogP contribution in [-0.4, -0.2) is 34.8 Å². The third-order valence-corrected chi connectivity index (χ3v) is 4.35. The Morgan fingerprint density at radius 1 is 0.906 bits per heavy atom. The molecule has 1 unspecified atom stereocenters. The number of carbonyl (C=O) groups is 3. The molecule has 0 bridgehead atoms. The van der Waals surface area contributed by atoms with E-state index in [1.54, 1.807) is 76.2 Å². The molecule has 0 fully saturated rings. The lowest BCUT2D eigenvalue weighted by Gasteiger charge is -2.19. The van der Waals surface area contributed by atoms with Gasteiger partial charge >= 0.3 is 12.1 Å². The molecule has 0 aromatic heterocycles. The number of benzene rings is 2. The molecule has 2 aromatic carbocycles. The van der Waals surface area contributed by atoms with Crippen molar-refractivity contribution >= 4 is 18.0 Å². The van der Waals surface area contributed by atoms with Gasteiger partial charge < -0.3 is 25.2 Å². The van der Waals surface area contributed by atoms with Gasteiger partial charge in [-0.05, 0) is 62.6 Å². The van der Waals surface area contributed by atoms with Gasteiger partial charge in [-0.25, -0.2) is 9.59 Å². The molecule has 2 amide bonds. The van der Waals surface area contributed by atoms with E-state index in [9.17, 15) is 14.4 Å². The molecule has 0 aliphatic carbocycles. The zero-order chi connectivity index (χ0) is 23.7. The minimum absolute atomic E-state index is 0.228. The Balaban J connectivity index is 1.83. The highest BCUT2D eigenvalue weighted by atomic mass is 16.6. The van der Waals surface area contributed by atoms with Gasteiger partial charge in [-0.15, -0.1) is 0 Å². The number of aliphatic carboxylic acids is 1. The Kier molecular flexibility index (Phi) is 8.63. The minimum atomic E-state index is -1.00. The highest BCUT2D eigenvalue weighted by Gasteiger charge is 2.17. The van der Waals surface area contributed by atoms with Crippen molar-refractivity contribution < 1.29 is 29.0 Å². The van der Waals surface area contributed by atoms with Crippen LogP contribution in [0.2, 0.25) is 0 Å². The Bertz CT molecular complexity index is 917. The van der Waals surface area contributed by atoms with Crippen LogP contribution in [0.5, 0.6) is 5.75 Å². The molecule has 32 heavy (non-hydrogen) atoms. The summed E-state index contributed by atoms with van der Waals surface area (Å²) in [6.45, 7) is 7.74. The van der Waals surface area contributed by atoms with Crippen molar-refractivity contribution in [3.63, 3.8) is 0 Å². The van der Waals surface area contributed by atoms with Crippen LogP contribution < -0.4 is 15.4 Å². The summed E-state index contributed by atoms with van der Waals surface area (Å²) in [4.78, 5) is 35.2. The monoisotopic (exact) mass is 442 g/mol. The Hall–Kier alpha value is -3.55. The molecule has 0 radical (unpaired) electrons. The van der Waals surface area contributed by atoms with Gasteiger partial charge in [0.15, 0.2) is 6.10 Å². The van der Waals surface area contributed by atoms with Crippen LogP contribution in [-0.2, 0) is 22.6 Å². The second kappa shape index (κ2) is 11.2. The van der Waals surface area contributed by atoms with Crippen molar-refractivity contribution in [1.82, 2.24) is 10.6 Å². The number of ether oxygens (including phenoxy) is 2. The fraction of sp³-hybridized carbons (Fsp3) is 0.375. The molecule has 0 aliphatic rings. The average Bonchev–Trinajstić information content (AvgIpc) is 2.74. The first-order chi connectivity index (χ1) is 15.1. The van der Waals surface area contributed by atoms with E-state index in [-0.39, 0.29) is 5.91 Å². The number of nitrogens with one attached hydrogen (secondary N) is 2. The highest BCUT2D eigenvalue weighted by molar-refractivity contribution is 5.94. The van der Waals surface area contributed by atoms with Crippen molar-refractivity contribution in [2.24, 2.45) is 0 Å².